The molecule has 5 heteroatoms. The zero-order valence-electron chi connectivity index (χ0n) is 14.4. The van der Waals surface area contributed by atoms with Gasteiger partial charge in [0.15, 0.2) is 0 Å². The van der Waals surface area contributed by atoms with Crippen LogP contribution in [0.1, 0.15) is 12.6 Å². The van der Waals surface area contributed by atoms with E-state index in [1.165, 1.54) is 0 Å². The Morgan fingerprint density at radius 1 is 1.12 bits per heavy atom. The molecule has 0 N–H and O–H groups in total. The van der Waals surface area contributed by atoms with Crippen LogP contribution in [0.2, 0.25) is 0 Å². The van der Waals surface area contributed by atoms with Crippen molar-refractivity contribution in [1.82, 2.24) is 9.88 Å². The average molecular weight is 327 g/mol. The Bertz CT molecular complexity index is 605. The summed E-state index contributed by atoms with van der Waals surface area (Å²) in [6.45, 7) is 4.73. The first kappa shape index (κ1) is 17.9. The number of carbonyl (C=O) groups excluding carboxylic acids is 1. The van der Waals surface area contributed by atoms with Crippen LogP contribution >= 0.6 is 0 Å². The second-order valence-corrected chi connectivity index (χ2v) is 5.48. The maximum absolute atomic E-state index is 12.8. The monoisotopic (exact) mass is 327 g/mol. The highest BCUT2D eigenvalue weighted by Crippen LogP contribution is 2.13. The number of likely N-dealkylation sites (N-methyl/N-ethyl adjacent to an activating group) is 1. The van der Waals surface area contributed by atoms with Gasteiger partial charge in [-0.25, -0.2) is 0 Å². The number of pyridine rings is 1. The minimum Gasteiger partial charge on any atom is -0.383 e. The number of amides is 1. The maximum atomic E-state index is 12.8. The van der Waals surface area contributed by atoms with Crippen LogP contribution in [0.5, 0.6) is 0 Å². The van der Waals surface area contributed by atoms with Gasteiger partial charge in [-0.3, -0.25) is 9.78 Å². The molecule has 1 aromatic heterocycles. The van der Waals surface area contributed by atoms with Crippen LogP contribution < -0.4 is 4.90 Å². The Kier molecular flexibility index (Phi) is 7.23. The number of benzene rings is 1. The molecule has 0 radical (unpaired) electrons. The van der Waals surface area contributed by atoms with Gasteiger partial charge < -0.3 is 14.5 Å². The van der Waals surface area contributed by atoms with Crippen LogP contribution in [0, 0.1) is 0 Å². The number of hydrogen-bond acceptors (Lipinski definition) is 4. The molecule has 0 saturated carbocycles. The van der Waals surface area contributed by atoms with E-state index in [0.29, 0.717) is 26.2 Å². The number of rotatable bonds is 9. The molecule has 0 fully saturated rings. The molecular weight excluding hydrogens is 302 g/mol. The Morgan fingerprint density at radius 2 is 1.88 bits per heavy atom. The van der Waals surface area contributed by atoms with E-state index in [2.05, 4.69) is 16.8 Å². The largest absolute Gasteiger partial charge is 0.383 e. The number of anilines is 1. The Hall–Kier alpha value is -2.40. The third-order valence-electron chi connectivity index (χ3n) is 3.83. The van der Waals surface area contributed by atoms with Crippen LogP contribution in [-0.4, -0.2) is 49.1 Å². The number of methoxy groups -OCH3 is 1. The summed E-state index contributed by atoms with van der Waals surface area (Å²) < 4.78 is 5.15. The lowest BCUT2D eigenvalue weighted by atomic mass is 10.2. The van der Waals surface area contributed by atoms with Crippen LogP contribution in [0.3, 0.4) is 0 Å². The van der Waals surface area contributed by atoms with Gasteiger partial charge in [-0.15, -0.1) is 0 Å². The smallest absolute Gasteiger partial charge is 0.242 e. The lowest BCUT2D eigenvalue weighted by Gasteiger charge is -2.28. The highest BCUT2D eigenvalue weighted by Gasteiger charge is 2.17. The van der Waals surface area contributed by atoms with Gasteiger partial charge in [0.2, 0.25) is 5.91 Å². The maximum Gasteiger partial charge on any atom is 0.242 e. The molecule has 0 spiro atoms. The van der Waals surface area contributed by atoms with Gasteiger partial charge >= 0.3 is 0 Å². The SMILES string of the molecule is CCN(CC(=O)N(CCOC)Cc1ccccn1)c1ccccc1. The molecule has 2 rings (SSSR count). The molecule has 0 aliphatic carbocycles. The predicted molar refractivity (Wildman–Crippen MR) is 95.9 cm³/mol. The number of carbonyl (C=O) groups is 1. The summed E-state index contributed by atoms with van der Waals surface area (Å²) in [6, 6.07) is 15.7. The molecule has 1 heterocycles. The van der Waals surface area contributed by atoms with Gasteiger partial charge in [0, 0.05) is 32.1 Å². The summed E-state index contributed by atoms with van der Waals surface area (Å²) in [5, 5.41) is 0. The fourth-order valence-corrected chi connectivity index (χ4v) is 2.47. The fraction of sp³-hybridized carbons (Fsp3) is 0.368. The Labute approximate surface area is 143 Å². The van der Waals surface area contributed by atoms with Crippen LogP contribution in [-0.2, 0) is 16.1 Å². The molecule has 2 aromatic rings. The van der Waals surface area contributed by atoms with Gasteiger partial charge in [0.25, 0.3) is 0 Å². The number of hydrogen-bond donors (Lipinski definition) is 0. The average Bonchev–Trinajstić information content (AvgIpc) is 2.64. The highest BCUT2D eigenvalue weighted by molar-refractivity contribution is 5.81. The number of ether oxygens (including phenoxy) is 1. The van der Waals surface area contributed by atoms with Gasteiger partial charge in [-0.1, -0.05) is 24.3 Å². The molecule has 0 saturated heterocycles. The van der Waals surface area contributed by atoms with Gasteiger partial charge in [-0.2, -0.15) is 0 Å². The third kappa shape index (κ3) is 5.35. The summed E-state index contributed by atoms with van der Waals surface area (Å²) >= 11 is 0. The zero-order chi connectivity index (χ0) is 17.2. The molecular formula is C19H25N3O2. The quantitative estimate of drug-likeness (QED) is 0.710. The van der Waals surface area contributed by atoms with Crippen molar-refractivity contribution in [3.8, 4) is 0 Å². The molecule has 1 amide bonds. The van der Waals surface area contributed by atoms with Gasteiger partial charge in [0.05, 0.1) is 25.4 Å². The van der Waals surface area contributed by atoms with Crippen molar-refractivity contribution >= 4 is 11.6 Å². The molecule has 0 aliphatic rings. The van der Waals surface area contributed by atoms with Crippen molar-refractivity contribution in [3.63, 3.8) is 0 Å². The minimum atomic E-state index is 0.0726. The van der Waals surface area contributed by atoms with E-state index < -0.39 is 0 Å². The molecule has 0 aliphatic heterocycles. The topological polar surface area (TPSA) is 45.7 Å². The van der Waals surface area contributed by atoms with E-state index in [1.54, 1.807) is 18.2 Å². The van der Waals surface area contributed by atoms with E-state index in [-0.39, 0.29) is 5.91 Å². The Morgan fingerprint density at radius 3 is 2.50 bits per heavy atom. The van der Waals surface area contributed by atoms with Crippen molar-refractivity contribution < 1.29 is 9.53 Å². The minimum absolute atomic E-state index is 0.0726. The normalized spacial score (nSPS) is 10.4. The first-order chi connectivity index (χ1) is 11.7. The first-order valence-electron chi connectivity index (χ1n) is 8.21. The van der Waals surface area contributed by atoms with Crippen LogP contribution in [0.4, 0.5) is 5.69 Å². The van der Waals surface area contributed by atoms with Crippen LogP contribution in [0.15, 0.2) is 54.7 Å². The molecule has 0 unspecified atom stereocenters. The van der Waals surface area contributed by atoms with E-state index in [4.69, 9.17) is 4.74 Å². The number of aromatic nitrogens is 1. The van der Waals surface area contributed by atoms with Gasteiger partial charge in [0.1, 0.15) is 0 Å². The standard InChI is InChI=1S/C19H25N3O2/c1-3-21(18-10-5-4-6-11-18)16-19(23)22(13-14-24-2)15-17-9-7-8-12-20-17/h4-12H,3,13-16H2,1-2H3. The third-order valence-corrected chi connectivity index (χ3v) is 3.83. The lowest BCUT2D eigenvalue weighted by molar-refractivity contribution is -0.131. The van der Waals surface area contributed by atoms with E-state index in [0.717, 1.165) is 17.9 Å². The summed E-state index contributed by atoms with van der Waals surface area (Å²) in [5.74, 6) is 0.0726. The Balaban J connectivity index is 2.05. The van der Waals surface area contributed by atoms with E-state index >= 15 is 0 Å². The van der Waals surface area contributed by atoms with Crippen LogP contribution in [0.25, 0.3) is 0 Å². The number of nitrogens with zero attached hydrogens (tertiary/aromatic N) is 3. The zero-order valence-corrected chi connectivity index (χ0v) is 14.4. The number of para-hydroxylation sites is 1. The van der Waals surface area contributed by atoms with Crippen molar-refractivity contribution in [1.29, 1.82) is 0 Å². The fourth-order valence-electron chi connectivity index (χ4n) is 2.47. The summed E-state index contributed by atoms with van der Waals surface area (Å²) in [7, 11) is 1.64. The van der Waals surface area contributed by atoms with Crippen molar-refractivity contribution in [2.45, 2.75) is 13.5 Å². The lowest BCUT2D eigenvalue weighted by Crippen LogP contribution is -2.41. The second kappa shape index (κ2) is 9.67. The molecule has 0 bridgehead atoms. The predicted octanol–water partition coefficient (Wildman–Crippen LogP) is 2.58. The molecule has 0 atom stereocenters. The van der Waals surface area contributed by atoms with Gasteiger partial charge in [-0.05, 0) is 31.2 Å². The van der Waals surface area contributed by atoms with Crippen molar-refractivity contribution in [3.05, 3.63) is 60.4 Å². The van der Waals surface area contributed by atoms with E-state index in [9.17, 15) is 4.79 Å². The highest BCUT2D eigenvalue weighted by atomic mass is 16.5. The molecule has 1 aromatic carbocycles. The summed E-state index contributed by atoms with van der Waals surface area (Å²) in [4.78, 5) is 21.0. The first-order valence-corrected chi connectivity index (χ1v) is 8.21. The summed E-state index contributed by atoms with van der Waals surface area (Å²) in [5.41, 5.74) is 1.93. The molecule has 24 heavy (non-hydrogen) atoms. The summed E-state index contributed by atoms with van der Waals surface area (Å²) in [6.07, 6.45) is 1.75. The molecule has 5 nitrogen and oxygen atoms in total. The van der Waals surface area contributed by atoms with E-state index in [1.807, 2.05) is 48.5 Å². The van der Waals surface area contributed by atoms with Crippen molar-refractivity contribution in [2.75, 3.05) is 38.3 Å². The second-order valence-electron chi connectivity index (χ2n) is 5.48. The molecule has 128 valence electrons. The van der Waals surface area contributed by atoms with Crippen molar-refractivity contribution in [2.24, 2.45) is 0 Å².